The van der Waals surface area contributed by atoms with Gasteiger partial charge in [0.15, 0.2) is 0 Å². The van der Waals surface area contributed by atoms with Crippen molar-refractivity contribution in [3.05, 3.63) is 48.6 Å². The summed E-state index contributed by atoms with van der Waals surface area (Å²) < 4.78 is 23.5. The van der Waals surface area contributed by atoms with Crippen LogP contribution in [0, 0.1) is 0 Å². The van der Waals surface area contributed by atoms with Crippen LogP contribution in [0.25, 0.3) is 0 Å². The zero-order valence-corrected chi connectivity index (χ0v) is 58.5. The molecule has 0 aliphatic rings. The van der Waals surface area contributed by atoms with E-state index in [1.165, 1.54) is 308 Å². The molecule has 9 heteroatoms. The van der Waals surface area contributed by atoms with E-state index in [1.54, 1.807) is 6.08 Å². The SMILES string of the molecule is CCCCCCC/C=C\C/C=C\C/C=C\CCCCCCCCCCCCCCCCCCCCCCCCCCCCC(=O)NC(COP(=O)([O-])OCC[N+](C)(C)C)C(O)/C=C/CCCCCCCCCCCCCCCCCCCCCC. The molecule has 0 aliphatic carbocycles. The second-order valence-corrected chi connectivity index (χ2v) is 28.4. The third kappa shape index (κ3) is 69.8. The number of unbranched alkanes of at least 4 members (excludes halogenated alkanes) is 51. The maximum Gasteiger partial charge on any atom is 0.268 e. The normalized spacial score (nSPS) is 13.8. The van der Waals surface area contributed by atoms with Gasteiger partial charge in [-0.1, -0.05) is 364 Å². The maximum atomic E-state index is 13.0. The number of hydrogen-bond donors (Lipinski definition) is 2. The van der Waals surface area contributed by atoms with Crippen LogP contribution in [0.4, 0.5) is 0 Å². The third-order valence-corrected chi connectivity index (χ3v) is 18.2. The molecular weight excluding hydrogens is 1070 g/mol. The van der Waals surface area contributed by atoms with Crippen molar-refractivity contribution in [1.82, 2.24) is 5.32 Å². The Labute approximate surface area is 530 Å². The van der Waals surface area contributed by atoms with E-state index in [4.69, 9.17) is 9.05 Å². The van der Waals surface area contributed by atoms with Crippen molar-refractivity contribution in [1.29, 1.82) is 0 Å². The van der Waals surface area contributed by atoms with Crippen molar-refractivity contribution in [3.63, 3.8) is 0 Å². The van der Waals surface area contributed by atoms with Crippen LogP contribution >= 0.6 is 7.82 Å². The summed E-state index contributed by atoms with van der Waals surface area (Å²) in [6.07, 6.45) is 91.1. The lowest BCUT2D eigenvalue weighted by atomic mass is 10.0. The van der Waals surface area contributed by atoms with E-state index in [-0.39, 0.29) is 19.1 Å². The van der Waals surface area contributed by atoms with Gasteiger partial charge in [-0.25, -0.2) is 0 Å². The molecule has 0 rings (SSSR count). The van der Waals surface area contributed by atoms with Crippen LogP contribution < -0.4 is 10.2 Å². The molecule has 0 heterocycles. The van der Waals surface area contributed by atoms with Crippen molar-refractivity contribution in [3.8, 4) is 0 Å². The van der Waals surface area contributed by atoms with Gasteiger partial charge in [-0.2, -0.15) is 0 Å². The van der Waals surface area contributed by atoms with Gasteiger partial charge in [0.25, 0.3) is 7.82 Å². The minimum Gasteiger partial charge on any atom is -0.756 e. The first kappa shape index (κ1) is 83.5. The fourth-order valence-electron chi connectivity index (χ4n) is 11.5. The first-order chi connectivity index (χ1) is 41.5. The number of phosphoric acid groups is 1. The van der Waals surface area contributed by atoms with Crippen molar-refractivity contribution < 1.29 is 32.9 Å². The van der Waals surface area contributed by atoms with E-state index < -0.39 is 20.0 Å². The summed E-state index contributed by atoms with van der Waals surface area (Å²) in [6.45, 7) is 4.69. The smallest absolute Gasteiger partial charge is 0.268 e. The molecule has 85 heavy (non-hydrogen) atoms. The Morgan fingerprint density at radius 2 is 0.682 bits per heavy atom. The lowest BCUT2D eigenvalue weighted by molar-refractivity contribution is -0.870. The molecule has 3 atom stereocenters. The Hall–Kier alpha value is -1.54. The number of nitrogens with zero attached hydrogens (tertiary/aromatic N) is 1. The molecule has 0 saturated heterocycles. The predicted molar refractivity (Wildman–Crippen MR) is 371 cm³/mol. The molecule has 502 valence electrons. The lowest BCUT2D eigenvalue weighted by Gasteiger charge is -2.29. The van der Waals surface area contributed by atoms with Gasteiger partial charge in [0.2, 0.25) is 5.91 Å². The molecule has 0 aromatic carbocycles. The van der Waals surface area contributed by atoms with Crippen LogP contribution in [-0.4, -0.2) is 68.5 Å². The Morgan fingerprint density at radius 3 is 0.988 bits per heavy atom. The molecule has 3 unspecified atom stereocenters. The standard InChI is InChI=1S/C76H147N2O6P/c1-6-8-10-12-14-16-18-20-22-24-26-28-30-31-32-33-34-35-36-37-38-39-40-41-42-43-44-45-46-47-48-50-52-54-56-58-60-62-64-66-68-70-76(80)77-74(73-84-85(81,82)83-72-71-78(3,4)5)75(79)69-67-65-63-61-59-57-55-53-51-49-29-27-25-23-21-19-17-15-13-11-9-7-2/h18,20,24,26,30-31,67,69,74-75,79H,6-17,19,21-23,25,27-29,32-66,68,70-73H2,1-5H3,(H-,77,80,81,82)/b20-18-,26-24-,31-30-,69-67+. The largest absolute Gasteiger partial charge is 0.756 e. The summed E-state index contributed by atoms with van der Waals surface area (Å²) in [6, 6.07) is -0.886. The van der Waals surface area contributed by atoms with E-state index in [2.05, 4.69) is 55.6 Å². The highest BCUT2D eigenvalue weighted by Gasteiger charge is 2.23. The van der Waals surface area contributed by atoms with Gasteiger partial charge in [-0.05, 0) is 57.8 Å². The number of rotatable bonds is 70. The second-order valence-electron chi connectivity index (χ2n) is 27.0. The van der Waals surface area contributed by atoms with E-state index in [9.17, 15) is 19.4 Å². The number of amides is 1. The average Bonchev–Trinajstić information content (AvgIpc) is 3.48. The van der Waals surface area contributed by atoms with Crippen LogP contribution in [0.1, 0.15) is 380 Å². The molecule has 0 saturated carbocycles. The van der Waals surface area contributed by atoms with E-state index in [0.29, 0.717) is 17.4 Å². The van der Waals surface area contributed by atoms with Crippen molar-refractivity contribution in [2.24, 2.45) is 0 Å². The molecule has 0 bridgehead atoms. The number of nitrogens with one attached hydrogen (secondary N) is 1. The predicted octanol–water partition coefficient (Wildman–Crippen LogP) is 23.5. The molecular formula is C76H147N2O6P. The van der Waals surface area contributed by atoms with Crippen molar-refractivity contribution in [2.45, 2.75) is 392 Å². The summed E-state index contributed by atoms with van der Waals surface area (Å²) in [5, 5.41) is 14.0. The number of quaternary nitrogens is 1. The zero-order chi connectivity index (χ0) is 61.9. The number of aliphatic hydroxyl groups excluding tert-OH is 1. The van der Waals surface area contributed by atoms with Crippen LogP contribution in [0.15, 0.2) is 48.6 Å². The minimum atomic E-state index is -4.60. The van der Waals surface area contributed by atoms with Crippen LogP contribution in [0.3, 0.4) is 0 Å². The first-order valence-corrected chi connectivity index (χ1v) is 39.0. The van der Waals surface area contributed by atoms with Gasteiger partial charge in [-0.15, -0.1) is 0 Å². The quantitative estimate of drug-likeness (QED) is 0.0272. The number of aliphatic hydroxyl groups is 1. The van der Waals surface area contributed by atoms with Crippen LogP contribution in [0.5, 0.6) is 0 Å². The van der Waals surface area contributed by atoms with Gasteiger partial charge < -0.3 is 28.8 Å². The molecule has 8 nitrogen and oxygen atoms in total. The zero-order valence-electron chi connectivity index (χ0n) is 57.6. The van der Waals surface area contributed by atoms with Gasteiger partial charge in [0.05, 0.1) is 39.9 Å². The van der Waals surface area contributed by atoms with Gasteiger partial charge in [-0.3, -0.25) is 9.36 Å². The van der Waals surface area contributed by atoms with Crippen molar-refractivity contribution in [2.75, 3.05) is 40.9 Å². The fourth-order valence-corrected chi connectivity index (χ4v) is 12.2. The number of phosphoric ester groups is 1. The van der Waals surface area contributed by atoms with Gasteiger partial charge >= 0.3 is 0 Å². The minimum absolute atomic E-state index is 0.00117. The number of hydrogen-bond acceptors (Lipinski definition) is 6. The maximum absolute atomic E-state index is 13.0. The summed E-state index contributed by atoms with van der Waals surface area (Å²) >= 11 is 0. The highest BCUT2D eigenvalue weighted by molar-refractivity contribution is 7.45. The fraction of sp³-hybridized carbons (Fsp3) is 0.882. The molecule has 0 aromatic heterocycles. The highest BCUT2D eigenvalue weighted by atomic mass is 31.2. The summed E-state index contributed by atoms with van der Waals surface area (Å²) in [5.41, 5.74) is 0. The van der Waals surface area contributed by atoms with E-state index in [0.717, 1.165) is 51.4 Å². The summed E-state index contributed by atoms with van der Waals surface area (Å²) in [7, 11) is 1.28. The molecule has 0 fully saturated rings. The lowest BCUT2D eigenvalue weighted by Crippen LogP contribution is -2.45. The molecule has 1 amide bonds. The van der Waals surface area contributed by atoms with Gasteiger partial charge in [0.1, 0.15) is 13.2 Å². The summed E-state index contributed by atoms with van der Waals surface area (Å²) in [4.78, 5) is 25.6. The Kier molecular flexibility index (Phi) is 65.7. The van der Waals surface area contributed by atoms with Crippen LogP contribution in [-0.2, 0) is 18.4 Å². The first-order valence-electron chi connectivity index (χ1n) is 37.5. The molecule has 2 N–H and O–H groups in total. The number of carbonyl (C=O) groups is 1. The Morgan fingerprint density at radius 1 is 0.412 bits per heavy atom. The molecule has 0 aliphatic heterocycles. The van der Waals surface area contributed by atoms with Crippen molar-refractivity contribution >= 4 is 13.7 Å². The molecule has 0 spiro atoms. The topological polar surface area (TPSA) is 108 Å². The third-order valence-electron chi connectivity index (χ3n) is 17.3. The average molecular weight is 1220 g/mol. The number of allylic oxidation sites excluding steroid dienone is 7. The Balaban J connectivity index is 3.91. The monoisotopic (exact) mass is 1220 g/mol. The van der Waals surface area contributed by atoms with Gasteiger partial charge in [0, 0.05) is 6.42 Å². The van der Waals surface area contributed by atoms with Crippen LogP contribution in [0.2, 0.25) is 0 Å². The Bertz CT molecular complexity index is 1530. The highest BCUT2D eigenvalue weighted by Crippen LogP contribution is 2.38. The van der Waals surface area contributed by atoms with E-state index in [1.807, 2.05) is 27.2 Å². The number of likely N-dealkylation sites (N-methyl/N-ethyl adjacent to an activating group) is 1. The van der Waals surface area contributed by atoms with E-state index >= 15 is 0 Å². The second kappa shape index (κ2) is 66.9. The molecule has 0 aromatic rings. The molecule has 0 radical (unpaired) electrons. The number of carbonyl (C=O) groups excluding carboxylic acids is 1. The summed E-state index contributed by atoms with van der Waals surface area (Å²) in [5.74, 6) is -0.189.